The van der Waals surface area contributed by atoms with Gasteiger partial charge in [-0.15, -0.1) is 0 Å². The van der Waals surface area contributed by atoms with Gasteiger partial charge in [0.25, 0.3) is 0 Å². The lowest BCUT2D eigenvalue weighted by Crippen LogP contribution is -2.30. The van der Waals surface area contributed by atoms with Crippen LogP contribution < -0.4 is 10.6 Å². The molecule has 1 radical (unpaired) electrons. The molecule has 1 aromatic rings. The van der Waals surface area contributed by atoms with Gasteiger partial charge in [0.15, 0.2) is 0 Å². The van der Waals surface area contributed by atoms with Crippen molar-refractivity contribution in [2.45, 2.75) is 0 Å². The molecule has 0 heterocycles. The SMILES string of the molecule is CNC(=O)N[CH]c1cccc(O)c1. The molecule has 0 fully saturated rings. The first-order valence-electron chi connectivity index (χ1n) is 3.83. The summed E-state index contributed by atoms with van der Waals surface area (Å²) in [7, 11) is 1.53. The zero-order valence-electron chi connectivity index (χ0n) is 7.24. The number of carbonyl (C=O) groups is 1. The normalized spacial score (nSPS) is 9.31. The molecule has 0 spiro atoms. The van der Waals surface area contributed by atoms with Gasteiger partial charge in [-0.05, 0) is 17.7 Å². The largest absolute Gasteiger partial charge is 0.508 e. The second-order valence-corrected chi connectivity index (χ2v) is 2.46. The van der Waals surface area contributed by atoms with Crippen LogP contribution in [0.25, 0.3) is 0 Å². The average molecular weight is 179 g/mol. The van der Waals surface area contributed by atoms with Crippen LogP contribution in [0.15, 0.2) is 24.3 Å². The van der Waals surface area contributed by atoms with Gasteiger partial charge in [-0.1, -0.05) is 12.1 Å². The molecule has 0 aliphatic carbocycles. The maximum Gasteiger partial charge on any atom is 0.315 e. The summed E-state index contributed by atoms with van der Waals surface area (Å²) in [6, 6.07) is 6.30. The molecule has 69 valence electrons. The van der Waals surface area contributed by atoms with Crippen LogP contribution in [-0.4, -0.2) is 18.2 Å². The third kappa shape index (κ3) is 3.02. The van der Waals surface area contributed by atoms with E-state index in [1.165, 1.54) is 13.6 Å². The van der Waals surface area contributed by atoms with Crippen molar-refractivity contribution in [3.05, 3.63) is 36.4 Å². The second kappa shape index (κ2) is 4.35. The number of carbonyl (C=O) groups excluding carboxylic acids is 1. The number of aromatic hydroxyl groups is 1. The monoisotopic (exact) mass is 179 g/mol. The van der Waals surface area contributed by atoms with Gasteiger partial charge in [0.05, 0.1) is 6.54 Å². The molecule has 1 rings (SSSR count). The third-order valence-corrected chi connectivity index (χ3v) is 1.47. The van der Waals surface area contributed by atoms with Crippen molar-refractivity contribution in [3.8, 4) is 5.75 Å². The Morgan fingerprint density at radius 1 is 1.54 bits per heavy atom. The predicted molar refractivity (Wildman–Crippen MR) is 49.1 cm³/mol. The summed E-state index contributed by atoms with van der Waals surface area (Å²) in [6.45, 7) is 1.51. The Labute approximate surface area is 76.6 Å². The van der Waals surface area contributed by atoms with Crippen LogP contribution >= 0.6 is 0 Å². The van der Waals surface area contributed by atoms with Crippen LogP contribution in [0, 0.1) is 6.54 Å². The molecule has 0 bridgehead atoms. The van der Waals surface area contributed by atoms with Crippen LogP contribution in [0.3, 0.4) is 0 Å². The van der Waals surface area contributed by atoms with Gasteiger partial charge in [0, 0.05) is 7.05 Å². The van der Waals surface area contributed by atoms with E-state index in [0.717, 1.165) is 5.56 Å². The van der Waals surface area contributed by atoms with Crippen molar-refractivity contribution in [3.63, 3.8) is 0 Å². The fourth-order valence-electron chi connectivity index (χ4n) is 0.836. The third-order valence-electron chi connectivity index (χ3n) is 1.47. The highest BCUT2D eigenvalue weighted by atomic mass is 16.3. The summed E-state index contributed by atoms with van der Waals surface area (Å²) >= 11 is 0. The fraction of sp³-hybridized carbons (Fsp3) is 0.111. The van der Waals surface area contributed by atoms with E-state index in [9.17, 15) is 4.79 Å². The summed E-state index contributed by atoms with van der Waals surface area (Å²) in [5.41, 5.74) is 0.739. The van der Waals surface area contributed by atoms with E-state index < -0.39 is 0 Å². The van der Waals surface area contributed by atoms with Crippen LogP contribution in [0.4, 0.5) is 4.79 Å². The van der Waals surface area contributed by atoms with Gasteiger partial charge in [0.1, 0.15) is 5.75 Å². The number of phenols is 1. The Bertz CT molecular complexity index is 299. The van der Waals surface area contributed by atoms with Crippen molar-refractivity contribution in [2.24, 2.45) is 0 Å². The minimum Gasteiger partial charge on any atom is -0.508 e. The second-order valence-electron chi connectivity index (χ2n) is 2.46. The lowest BCUT2D eigenvalue weighted by molar-refractivity contribution is 0.245. The van der Waals surface area contributed by atoms with E-state index >= 15 is 0 Å². The highest BCUT2D eigenvalue weighted by molar-refractivity contribution is 5.74. The zero-order valence-corrected chi connectivity index (χ0v) is 7.24. The smallest absolute Gasteiger partial charge is 0.315 e. The highest BCUT2D eigenvalue weighted by Crippen LogP contribution is 2.10. The number of nitrogens with one attached hydrogen (secondary N) is 2. The first-order chi connectivity index (χ1) is 6.22. The quantitative estimate of drug-likeness (QED) is 0.629. The number of rotatable bonds is 2. The van der Waals surface area contributed by atoms with E-state index in [1.807, 2.05) is 0 Å². The summed E-state index contributed by atoms with van der Waals surface area (Å²) in [6.07, 6.45) is 0. The van der Waals surface area contributed by atoms with Gasteiger partial charge in [-0.3, -0.25) is 0 Å². The number of hydrogen-bond donors (Lipinski definition) is 3. The first-order valence-corrected chi connectivity index (χ1v) is 3.83. The number of phenolic OH excluding ortho intramolecular Hbond substituents is 1. The van der Waals surface area contributed by atoms with Crippen LogP contribution in [-0.2, 0) is 0 Å². The maximum atomic E-state index is 10.8. The van der Waals surface area contributed by atoms with Crippen molar-refractivity contribution in [1.29, 1.82) is 0 Å². The molecule has 3 N–H and O–H groups in total. The molecule has 2 amide bonds. The maximum absolute atomic E-state index is 10.8. The molecular weight excluding hydrogens is 168 g/mol. The Morgan fingerprint density at radius 3 is 2.92 bits per heavy atom. The Kier molecular flexibility index (Phi) is 3.14. The molecule has 0 aromatic heterocycles. The van der Waals surface area contributed by atoms with Crippen LogP contribution in [0.2, 0.25) is 0 Å². The summed E-state index contributed by atoms with van der Waals surface area (Å²) < 4.78 is 0. The Balaban J connectivity index is 2.50. The Morgan fingerprint density at radius 2 is 2.31 bits per heavy atom. The minimum absolute atomic E-state index is 0.174. The average Bonchev–Trinajstić information content (AvgIpc) is 2.14. The van der Waals surface area contributed by atoms with Crippen molar-refractivity contribution in [2.75, 3.05) is 7.05 Å². The number of hydrogen-bond acceptors (Lipinski definition) is 2. The number of urea groups is 1. The lowest BCUT2D eigenvalue weighted by atomic mass is 10.2. The molecule has 4 heteroatoms. The number of amides is 2. The van der Waals surface area contributed by atoms with Gasteiger partial charge >= 0.3 is 6.03 Å². The molecule has 13 heavy (non-hydrogen) atoms. The molecular formula is C9H11N2O2. The summed E-state index contributed by atoms with van der Waals surface area (Å²) in [5.74, 6) is 0.174. The zero-order chi connectivity index (χ0) is 9.68. The van der Waals surface area contributed by atoms with Gasteiger partial charge in [-0.25, -0.2) is 4.79 Å². The van der Waals surface area contributed by atoms with E-state index in [2.05, 4.69) is 10.6 Å². The Hall–Kier alpha value is -1.71. The van der Waals surface area contributed by atoms with Gasteiger partial charge in [0.2, 0.25) is 0 Å². The standard InChI is InChI=1S/C9H11N2O2/c1-10-9(13)11-6-7-3-2-4-8(12)5-7/h2-6,12H,1H3,(H2,10,11,13). The van der Waals surface area contributed by atoms with Gasteiger partial charge < -0.3 is 15.7 Å². The predicted octanol–water partition coefficient (Wildman–Crippen LogP) is 0.831. The van der Waals surface area contributed by atoms with E-state index in [1.54, 1.807) is 24.3 Å². The molecule has 0 atom stereocenters. The molecule has 0 saturated heterocycles. The summed E-state index contributed by atoms with van der Waals surface area (Å²) in [5, 5.41) is 14.0. The fourth-order valence-corrected chi connectivity index (χ4v) is 0.836. The van der Waals surface area contributed by atoms with E-state index in [-0.39, 0.29) is 11.8 Å². The van der Waals surface area contributed by atoms with E-state index in [4.69, 9.17) is 5.11 Å². The van der Waals surface area contributed by atoms with Crippen LogP contribution in [0.5, 0.6) is 5.75 Å². The molecule has 0 unspecified atom stereocenters. The van der Waals surface area contributed by atoms with Crippen molar-refractivity contribution < 1.29 is 9.90 Å². The highest BCUT2D eigenvalue weighted by Gasteiger charge is 1.97. The number of benzene rings is 1. The molecule has 1 aromatic carbocycles. The molecule has 4 nitrogen and oxygen atoms in total. The summed E-state index contributed by atoms with van der Waals surface area (Å²) in [4.78, 5) is 10.8. The molecule has 0 aliphatic heterocycles. The van der Waals surface area contributed by atoms with Crippen LogP contribution in [0.1, 0.15) is 5.56 Å². The minimum atomic E-state index is -0.289. The topological polar surface area (TPSA) is 61.4 Å². The molecule has 0 saturated carbocycles. The van der Waals surface area contributed by atoms with Crippen molar-refractivity contribution >= 4 is 6.03 Å². The molecule has 0 aliphatic rings. The van der Waals surface area contributed by atoms with Crippen molar-refractivity contribution in [1.82, 2.24) is 10.6 Å². The van der Waals surface area contributed by atoms with Gasteiger partial charge in [-0.2, -0.15) is 0 Å². The lowest BCUT2D eigenvalue weighted by Gasteiger charge is -2.03. The first kappa shape index (κ1) is 9.38. The van der Waals surface area contributed by atoms with E-state index in [0.29, 0.717) is 0 Å².